The number of ether oxygens (including phenoxy) is 1. The Bertz CT molecular complexity index is 169. The number of carboxylic acids is 1. The lowest BCUT2D eigenvalue weighted by molar-refractivity contribution is -0.161. The molecule has 1 heterocycles. The van der Waals surface area contributed by atoms with Crippen LogP contribution in [0, 0.1) is 0 Å². The number of aliphatic carboxylic acids is 1. The van der Waals surface area contributed by atoms with Gasteiger partial charge in [-0.2, -0.15) is 0 Å². The van der Waals surface area contributed by atoms with Gasteiger partial charge in [-0.3, -0.25) is 4.79 Å². The van der Waals surface area contributed by atoms with Crippen LogP contribution in [-0.4, -0.2) is 28.6 Å². The predicted molar refractivity (Wildman–Crippen MR) is 46.2 cm³/mol. The molecule has 76 valence electrons. The number of hydrogen-bond acceptors (Lipinski definition) is 3. The molecular formula is C9H16O4. The first-order chi connectivity index (χ1) is 6.18. The van der Waals surface area contributed by atoms with Gasteiger partial charge in [0.1, 0.15) is 0 Å². The first-order valence-electron chi connectivity index (χ1n) is 4.74. The molecule has 0 amide bonds. The summed E-state index contributed by atoms with van der Waals surface area (Å²) in [6.07, 6.45) is 3.27. The first-order valence-corrected chi connectivity index (χ1v) is 4.74. The molecule has 1 aliphatic rings. The Balaban J connectivity index is 2.36. The molecule has 0 aromatic rings. The molecule has 1 rings (SSSR count). The number of hydrogen-bond donors (Lipinski definition) is 2. The molecule has 0 aromatic carbocycles. The van der Waals surface area contributed by atoms with Crippen LogP contribution in [0.2, 0.25) is 0 Å². The number of carboxylic acid groups (broad SMARTS) is 1. The van der Waals surface area contributed by atoms with Crippen molar-refractivity contribution in [2.75, 3.05) is 0 Å². The van der Waals surface area contributed by atoms with E-state index in [0.29, 0.717) is 6.42 Å². The van der Waals surface area contributed by atoms with Crippen molar-refractivity contribution in [2.24, 2.45) is 0 Å². The maximum atomic E-state index is 10.4. The third kappa shape index (κ3) is 4.24. The van der Waals surface area contributed by atoms with Crippen LogP contribution in [0.15, 0.2) is 0 Å². The van der Waals surface area contributed by atoms with Gasteiger partial charge >= 0.3 is 5.97 Å². The van der Waals surface area contributed by atoms with Crippen molar-refractivity contribution in [3.63, 3.8) is 0 Å². The molecule has 0 saturated carbocycles. The largest absolute Gasteiger partial charge is 0.481 e. The number of aliphatic hydroxyl groups excluding tert-OH is 1. The summed E-state index contributed by atoms with van der Waals surface area (Å²) in [5.41, 5.74) is 0. The van der Waals surface area contributed by atoms with E-state index in [-0.39, 0.29) is 12.5 Å². The zero-order valence-electron chi connectivity index (χ0n) is 7.61. The molecule has 0 aromatic heterocycles. The molecule has 0 radical (unpaired) electrons. The second kappa shape index (κ2) is 5.19. The number of rotatable bonds is 2. The fourth-order valence-electron chi connectivity index (χ4n) is 1.57. The average Bonchev–Trinajstić information content (AvgIpc) is 1.98. The summed E-state index contributed by atoms with van der Waals surface area (Å²) in [6, 6.07) is 0. The van der Waals surface area contributed by atoms with Crippen molar-refractivity contribution in [3.05, 3.63) is 0 Å². The van der Waals surface area contributed by atoms with Gasteiger partial charge in [0.2, 0.25) is 0 Å². The lowest BCUT2D eigenvalue weighted by Gasteiger charge is -2.22. The third-order valence-corrected chi connectivity index (χ3v) is 2.23. The summed E-state index contributed by atoms with van der Waals surface area (Å²) in [5, 5.41) is 17.8. The van der Waals surface area contributed by atoms with Crippen molar-refractivity contribution in [2.45, 2.75) is 50.9 Å². The third-order valence-electron chi connectivity index (χ3n) is 2.23. The van der Waals surface area contributed by atoms with Gasteiger partial charge in [0.25, 0.3) is 0 Å². The highest BCUT2D eigenvalue weighted by atomic mass is 16.6. The zero-order chi connectivity index (χ0) is 9.68. The molecule has 0 spiro atoms. The van der Waals surface area contributed by atoms with Crippen LogP contribution in [0.4, 0.5) is 0 Å². The molecule has 1 saturated heterocycles. The van der Waals surface area contributed by atoms with E-state index in [4.69, 9.17) is 9.84 Å². The smallest absolute Gasteiger partial charge is 0.305 e. The van der Waals surface area contributed by atoms with Crippen LogP contribution < -0.4 is 0 Å². The van der Waals surface area contributed by atoms with Crippen molar-refractivity contribution >= 4 is 5.97 Å². The van der Waals surface area contributed by atoms with E-state index < -0.39 is 12.3 Å². The van der Waals surface area contributed by atoms with Crippen molar-refractivity contribution < 1.29 is 19.7 Å². The van der Waals surface area contributed by atoms with Gasteiger partial charge in [0.05, 0.1) is 12.5 Å². The number of aliphatic hydroxyl groups is 1. The molecule has 4 nitrogen and oxygen atoms in total. The van der Waals surface area contributed by atoms with Gasteiger partial charge in [-0.1, -0.05) is 12.8 Å². The van der Waals surface area contributed by atoms with Crippen LogP contribution in [0.1, 0.15) is 38.5 Å². The summed E-state index contributed by atoms with van der Waals surface area (Å²) in [6.45, 7) is 0. The SMILES string of the molecule is O=C(O)CC1CCCCCC(O)O1. The van der Waals surface area contributed by atoms with Crippen LogP contribution in [0.25, 0.3) is 0 Å². The molecule has 1 aliphatic heterocycles. The highest BCUT2D eigenvalue weighted by molar-refractivity contribution is 5.67. The van der Waals surface area contributed by atoms with E-state index in [1.165, 1.54) is 0 Å². The molecule has 2 unspecified atom stereocenters. The Morgan fingerprint density at radius 3 is 2.69 bits per heavy atom. The van der Waals surface area contributed by atoms with E-state index >= 15 is 0 Å². The van der Waals surface area contributed by atoms with Gasteiger partial charge in [0, 0.05) is 0 Å². The molecular weight excluding hydrogens is 172 g/mol. The van der Waals surface area contributed by atoms with Gasteiger partial charge in [-0.25, -0.2) is 0 Å². The van der Waals surface area contributed by atoms with E-state index in [9.17, 15) is 9.90 Å². The fourth-order valence-corrected chi connectivity index (χ4v) is 1.57. The minimum absolute atomic E-state index is 0.00292. The average molecular weight is 188 g/mol. The highest BCUT2D eigenvalue weighted by Gasteiger charge is 2.19. The maximum absolute atomic E-state index is 10.4. The van der Waals surface area contributed by atoms with Crippen molar-refractivity contribution in [3.8, 4) is 0 Å². The van der Waals surface area contributed by atoms with E-state index in [1.807, 2.05) is 0 Å². The Morgan fingerprint density at radius 1 is 1.31 bits per heavy atom. The predicted octanol–water partition coefficient (Wildman–Crippen LogP) is 1.13. The van der Waals surface area contributed by atoms with E-state index in [2.05, 4.69) is 0 Å². The highest BCUT2D eigenvalue weighted by Crippen LogP contribution is 2.18. The quantitative estimate of drug-likeness (QED) is 0.681. The van der Waals surface area contributed by atoms with Gasteiger partial charge in [0.15, 0.2) is 6.29 Å². The second-order valence-corrected chi connectivity index (χ2v) is 3.45. The minimum atomic E-state index is -0.863. The Labute approximate surface area is 77.5 Å². The van der Waals surface area contributed by atoms with Gasteiger partial charge in [-0.15, -0.1) is 0 Å². The van der Waals surface area contributed by atoms with Crippen LogP contribution in [0.5, 0.6) is 0 Å². The number of carbonyl (C=O) groups is 1. The van der Waals surface area contributed by atoms with Crippen LogP contribution >= 0.6 is 0 Å². The lowest BCUT2D eigenvalue weighted by atomic mass is 10.0. The summed E-state index contributed by atoms with van der Waals surface area (Å²) in [7, 11) is 0. The van der Waals surface area contributed by atoms with Crippen LogP contribution in [0.3, 0.4) is 0 Å². The standard InChI is InChI=1S/C9H16O4/c10-8(11)6-7-4-2-1-3-5-9(12)13-7/h7,9,12H,1-6H2,(H,10,11). The van der Waals surface area contributed by atoms with E-state index in [1.54, 1.807) is 0 Å². The monoisotopic (exact) mass is 188 g/mol. The molecule has 1 fully saturated rings. The first kappa shape index (κ1) is 10.5. The van der Waals surface area contributed by atoms with E-state index in [0.717, 1.165) is 25.7 Å². The van der Waals surface area contributed by atoms with Crippen molar-refractivity contribution in [1.82, 2.24) is 0 Å². The molecule has 0 aliphatic carbocycles. The topological polar surface area (TPSA) is 66.8 Å². The fraction of sp³-hybridized carbons (Fsp3) is 0.889. The van der Waals surface area contributed by atoms with Crippen LogP contribution in [-0.2, 0) is 9.53 Å². The Morgan fingerprint density at radius 2 is 2.00 bits per heavy atom. The van der Waals surface area contributed by atoms with Crippen molar-refractivity contribution in [1.29, 1.82) is 0 Å². The minimum Gasteiger partial charge on any atom is -0.481 e. The summed E-state index contributed by atoms with van der Waals surface area (Å²) >= 11 is 0. The molecule has 2 N–H and O–H groups in total. The molecule has 2 atom stereocenters. The summed E-state index contributed by atoms with van der Waals surface area (Å²) in [5.74, 6) is -0.863. The molecule has 0 bridgehead atoms. The Hall–Kier alpha value is -0.610. The normalized spacial score (nSPS) is 30.5. The summed E-state index contributed by atoms with van der Waals surface area (Å²) < 4.78 is 5.18. The van der Waals surface area contributed by atoms with Gasteiger partial charge in [-0.05, 0) is 19.3 Å². The Kier molecular flexibility index (Phi) is 4.18. The van der Waals surface area contributed by atoms with Gasteiger partial charge < -0.3 is 14.9 Å². The summed E-state index contributed by atoms with van der Waals surface area (Å²) in [4.78, 5) is 10.4. The lowest BCUT2D eigenvalue weighted by Crippen LogP contribution is -2.26. The molecule has 4 heteroatoms. The maximum Gasteiger partial charge on any atom is 0.305 e. The molecule has 13 heavy (non-hydrogen) atoms. The zero-order valence-corrected chi connectivity index (χ0v) is 7.61. The second-order valence-electron chi connectivity index (χ2n) is 3.45.